The van der Waals surface area contributed by atoms with Gasteiger partial charge in [-0.25, -0.2) is 0 Å². The summed E-state index contributed by atoms with van der Waals surface area (Å²) in [5.74, 6) is 1.02. The van der Waals surface area contributed by atoms with E-state index in [1.54, 1.807) is 0 Å². The van der Waals surface area contributed by atoms with Crippen molar-refractivity contribution in [3.05, 3.63) is 0 Å². The summed E-state index contributed by atoms with van der Waals surface area (Å²) in [6.45, 7) is 9.01. The lowest BCUT2D eigenvalue weighted by atomic mass is 9.88. The van der Waals surface area contributed by atoms with Gasteiger partial charge >= 0.3 is 0 Å². The number of carbonyl (C=O) groups is 2. The quantitative estimate of drug-likeness (QED) is 0.728. The van der Waals surface area contributed by atoms with E-state index in [0.717, 1.165) is 52.1 Å². The molecule has 2 amide bonds. The number of nitrogens with zero attached hydrogens (tertiary/aromatic N) is 2. The number of carbonyl (C=O) groups excluding carboxylic acids is 2. The molecule has 2 heterocycles. The summed E-state index contributed by atoms with van der Waals surface area (Å²) in [5.41, 5.74) is 0. The molecule has 2 saturated heterocycles. The molecule has 0 aromatic heterocycles. The van der Waals surface area contributed by atoms with Crippen molar-refractivity contribution >= 4 is 36.6 Å². The van der Waals surface area contributed by atoms with Crippen molar-refractivity contribution in [3.63, 3.8) is 0 Å². The zero-order valence-corrected chi connectivity index (χ0v) is 16.1. The van der Waals surface area contributed by atoms with Crippen molar-refractivity contribution in [1.82, 2.24) is 20.4 Å². The van der Waals surface area contributed by atoms with Crippen LogP contribution in [0.4, 0.5) is 0 Å². The van der Waals surface area contributed by atoms with E-state index >= 15 is 0 Å². The largest absolute Gasteiger partial charge is 0.352 e. The van der Waals surface area contributed by atoms with Gasteiger partial charge in [0.1, 0.15) is 0 Å². The first kappa shape index (κ1) is 21.5. The summed E-state index contributed by atoms with van der Waals surface area (Å²) >= 11 is 0. The van der Waals surface area contributed by atoms with Crippen LogP contribution in [0.2, 0.25) is 0 Å². The number of rotatable bonds is 5. The first-order valence-electron chi connectivity index (χ1n) is 8.60. The van der Waals surface area contributed by atoms with E-state index < -0.39 is 0 Å². The zero-order chi connectivity index (χ0) is 15.7. The maximum absolute atomic E-state index is 12.5. The van der Waals surface area contributed by atoms with Gasteiger partial charge in [-0.05, 0) is 38.8 Å². The number of piperazine rings is 1. The van der Waals surface area contributed by atoms with E-state index in [0.29, 0.717) is 12.0 Å². The predicted octanol–water partition coefficient (Wildman–Crippen LogP) is 0.497. The van der Waals surface area contributed by atoms with Gasteiger partial charge in [-0.1, -0.05) is 6.92 Å². The standard InChI is InChI=1S/C16H28N4O2.2ClH/c1-11(13-9-17-10-13)16(22)20-7-5-19(6-8-20)12(2)15(21)18-14-3-4-14;;/h11-14,17H,3-10H2,1-2H3,(H,18,21);2*1H. The van der Waals surface area contributed by atoms with Crippen molar-refractivity contribution in [2.75, 3.05) is 39.3 Å². The molecule has 0 aromatic rings. The lowest BCUT2D eigenvalue weighted by Crippen LogP contribution is -2.57. The van der Waals surface area contributed by atoms with Crippen LogP contribution in [0.25, 0.3) is 0 Å². The molecule has 0 bridgehead atoms. The second kappa shape index (κ2) is 9.22. The minimum absolute atomic E-state index is 0. The summed E-state index contributed by atoms with van der Waals surface area (Å²) in [6, 6.07) is 0.320. The Morgan fingerprint density at radius 3 is 2.08 bits per heavy atom. The fraction of sp³-hybridized carbons (Fsp3) is 0.875. The average Bonchev–Trinajstić information content (AvgIpc) is 3.28. The van der Waals surface area contributed by atoms with Crippen LogP contribution in [-0.4, -0.2) is 73.0 Å². The lowest BCUT2D eigenvalue weighted by molar-refractivity contribution is -0.140. The van der Waals surface area contributed by atoms with Gasteiger partial charge in [0.25, 0.3) is 0 Å². The van der Waals surface area contributed by atoms with Gasteiger partial charge < -0.3 is 15.5 Å². The Kier molecular flexibility index (Phi) is 8.26. The van der Waals surface area contributed by atoms with Gasteiger partial charge in [0.2, 0.25) is 11.8 Å². The molecular formula is C16H30Cl2N4O2. The van der Waals surface area contributed by atoms with Crippen LogP contribution in [0, 0.1) is 11.8 Å². The highest BCUT2D eigenvalue weighted by molar-refractivity contribution is 5.85. The molecule has 0 aromatic carbocycles. The number of hydrogen-bond acceptors (Lipinski definition) is 4. The molecule has 2 aliphatic heterocycles. The molecule has 0 radical (unpaired) electrons. The average molecular weight is 381 g/mol. The zero-order valence-electron chi connectivity index (χ0n) is 14.5. The second-order valence-electron chi connectivity index (χ2n) is 7.03. The third-order valence-corrected chi connectivity index (χ3v) is 5.39. The van der Waals surface area contributed by atoms with Gasteiger partial charge in [0.05, 0.1) is 6.04 Å². The molecule has 3 aliphatic rings. The molecule has 2 N–H and O–H groups in total. The van der Waals surface area contributed by atoms with E-state index in [-0.39, 0.29) is 48.6 Å². The molecule has 1 aliphatic carbocycles. The fourth-order valence-electron chi connectivity index (χ4n) is 3.20. The van der Waals surface area contributed by atoms with Crippen LogP contribution in [-0.2, 0) is 9.59 Å². The van der Waals surface area contributed by atoms with E-state index in [9.17, 15) is 9.59 Å². The third-order valence-electron chi connectivity index (χ3n) is 5.39. The van der Waals surface area contributed by atoms with Crippen molar-refractivity contribution in [2.45, 2.75) is 38.8 Å². The molecule has 8 heteroatoms. The van der Waals surface area contributed by atoms with Gasteiger partial charge in [0, 0.05) is 38.1 Å². The highest BCUT2D eigenvalue weighted by atomic mass is 35.5. The Balaban J connectivity index is 0.00000144. The molecule has 24 heavy (non-hydrogen) atoms. The Morgan fingerprint density at radius 2 is 1.62 bits per heavy atom. The smallest absolute Gasteiger partial charge is 0.237 e. The summed E-state index contributed by atoms with van der Waals surface area (Å²) in [6.07, 6.45) is 2.24. The lowest BCUT2D eigenvalue weighted by Gasteiger charge is -2.40. The summed E-state index contributed by atoms with van der Waals surface area (Å²) in [4.78, 5) is 28.8. The number of amides is 2. The van der Waals surface area contributed by atoms with Crippen LogP contribution in [0.1, 0.15) is 26.7 Å². The number of hydrogen-bond donors (Lipinski definition) is 2. The Hall–Kier alpha value is -0.560. The number of halogens is 2. The molecule has 1 saturated carbocycles. The van der Waals surface area contributed by atoms with Gasteiger partial charge in [-0.3, -0.25) is 14.5 Å². The van der Waals surface area contributed by atoms with Gasteiger partial charge in [-0.15, -0.1) is 24.8 Å². The highest BCUT2D eigenvalue weighted by Crippen LogP contribution is 2.21. The maximum Gasteiger partial charge on any atom is 0.237 e. The summed E-state index contributed by atoms with van der Waals surface area (Å²) in [5, 5.41) is 6.30. The van der Waals surface area contributed by atoms with E-state index in [1.165, 1.54) is 0 Å². The molecule has 3 rings (SSSR count). The first-order valence-corrected chi connectivity index (χ1v) is 8.60. The fourth-order valence-corrected chi connectivity index (χ4v) is 3.20. The van der Waals surface area contributed by atoms with Crippen LogP contribution in [0.15, 0.2) is 0 Å². The molecule has 3 fully saturated rings. The topological polar surface area (TPSA) is 64.7 Å². The Bertz CT molecular complexity index is 436. The number of nitrogens with one attached hydrogen (secondary N) is 2. The molecule has 2 atom stereocenters. The monoisotopic (exact) mass is 380 g/mol. The summed E-state index contributed by atoms with van der Waals surface area (Å²) < 4.78 is 0. The van der Waals surface area contributed by atoms with Gasteiger partial charge in [-0.2, -0.15) is 0 Å². The normalized spacial score (nSPS) is 24.0. The van der Waals surface area contributed by atoms with Crippen molar-refractivity contribution in [3.8, 4) is 0 Å². The predicted molar refractivity (Wildman–Crippen MR) is 98.8 cm³/mol. The third kappa shape index (κ3) is 4.97. The molecule has 0 spiro atoms. The Labute approximate surface area is 156 Å². The molecule has 2 unspecified atom stereocenters. The van der Waals surface area contributed by atoms with Crippen molar-refractivity contribution in [2.24, 2.45) is 11.8 Å². The van der Waals surface area contributed by atoms with Crippen LogP contribution in [0.3, 0.4) is 0 Å². The van der Waals surface area contributed by atoms with Crippen LogP contribution < -0.4 is 10.6 Å². The minimum Gasteiger partial charge on any atom is -0.352 e. The van der Waals surface area contributed by atoms with E-state index in [1.807, 2.05) is 18.7 Å². The molecule has 6 nitrogen and oxygen atoms in total. The highest BCUT2D eigenvalue weighted by Gasteiger charge is 2.34. The summed E-state index contributed by atoms with van der Waals surface area (Å²) in [7, 11) is 0. The van der Waals surface area contributed by atoms with Gasteiger partial charge in [0.15, 0.2) is 0 Å². The minimum atomic E-state index is -0.0916. The van der Waals surface area contributed by atoms with Crippen LogP contribution >= 0.6 is 24.8 Å². The maximum atomic E-state index is 12.5. The van der Waals surface area contributed by atoms with Crippen LogP contribution in [0.5, 0.6) is 0 Å². The SMILES string of the molecule is CC(C(=O)N1CCN(C(C)C(=O)NC2CC2)CC1)C1CNC1.Cl.Cl. The second-order valence-corrected chi connectivity index (χ2v) is 7.03. The molecule has 140 valence electrons. The van der Waals surface area contributed by atoms with Crippen molar-refractivity contribution in [1.29, 1.82) is 0 Å². The molecular weight excluding hydrogens is 351 g/mol. The van der Waals surface area contributed by atoms with Crippen molar-refractivity contribution < 1.29 is 9.59 Å². The van der Waals surface area contributed by atoms with E-state index in [2.05, 4.69) is 15.5 Å². The van der Waals surface area contributed by atoms with E-state index in [4.69, 9.17) is 0 Å². The Morgan fingerprint density at radius 1 is 1.04 bits per heavy atom. The first-order chi connectivity index (χ1) is 10.6.